The Morgan fingerprint density at radius 3 is 2.59 bits per heavy atom. The zero-order valence-electron chi connectivity index (χ0n) is 10.9. The maximum absolute atomic E-state index is 5.82. The van der Waals surface area contributed by atoms with Gasteiger partial charge >= 0.3 is 0 Å². The van der Waals surface area contributed by atoms with Crippen molar-refractivity contribution in [3.63, 3.8) is 0 Å². The lowest BCUT2D eigenvalue weighted by Gasteiger charge is -2.22. The molecule has 2 heterocycles. The monoisotopic (exact) mass is 252 g/mol. The van der Waals surface area contributed by atoms with Crippen LogP contribution in [0.4, 0.5) is 5.82 Å². The van der Waals surface area contributed by atoms with Gasteiger partial charge in [-0.2, -0.15) is 5.10 Å². The molecule has 2 N–H and O–H groups in total. The number of hydrogen-bond donors (Lipinski definition) is 1. The largest absolute Gasteiger partial charge is 0.389 e. The van der Waals surface area contributed by atoms with E-state index in [1.54, 1.807) is 0 Å². The van der Waals surface area contributed by atoms with Crippen molar-refractivity contribution in [1.82, 2.24) is 9.78 Å². The van der Waals surface area contributed by atoms with Gasteiger partial charge in [0.05, 0.1) is 11.3 Å². The van der Waals surface area contributed by atoms with Crippen LogP contribution in [-0.2, 0) is 7.05 Å². The van der Waals surface area contributed by atoms with Gasteiger partial charge in [0.1, 0.15) is 10.8 Å². The second-order valence-electron chi connectivity index (χ2n) is 5.61. The van der Waals surface area contributed by atoms with E-state index >= 15 is 0 Å². The van der Waals surface area contributed by atoms with Gasteiger partial charge in [-0.3, -0.25) is 4.68 Å². The van der Waals surface area contributed by atoms with E-state index in [0.29, 0.717) is 10.4 Å². The Morgan fingerprint density at radius 2 is 2.12 bits per heavy atom. The first kappa shape index (κ1) is 12.4. The first-order chi connectivity index (χ1) is 7.82. The normalized spacial score (nSPS) is 18.7. The van der Waals surface area contributed by atoms with Gasteiger partial charge in [0.2, 0.25) is 0 Å². The third-order valence-corrected chi connectivity index (χ3v) is 3.62. The van der Waals surface area contributed by atoms with Crippen molar-refractivity contribution < 1.29 is 0 Å². The van der Waals surface area contributed by atoms with Gasteiger partial charge in [0, 0.05) is 20.1 Å². The van der Waals surface area contributed by atoms with E-state index in [2.05, 4.69) is 23.8 Å². The average Bonchev–Trinajstić information content (AvgIpc) is 2.66. The molecule has 1 aromatic heterocycles. The standard InChI is InChI=1S/C12H20N4S/c1-8-9(10(13)17)11(15(4)14-8)16-6-5-12(2,3)7-16/h5-7H2,1-4H3,(H2,13,17). The number of thiocarbonyl (C=S) groups is 1. The highest BCUT2D eigenvalue weighted by Gasteiger charge is 2.32. The third-order valence-electron chi connectivity index (χ3n) is 3.42. The molecule has 1 aromatic rings. The Balaban J connectivity index is 2.42. The fourth-order valence-electron chi connectivity index (χ4n) is 2.59. The Hall–Kier alpha value is -1.10. The number of aryl methyl sites for hydroxylation is 2. The number of anilines is 1. The van der Waals surface area contributed by atoms with Crippen molar-refractivity contribution >= 4 is 23.0 Å². The van der Waals surface area contributed by atoms with E-state index in [0.717, 1.165) is 30.2 Å². The van der Waals surface area contributed by atoms with Crippen molar-refractivity contribution in [2.75, 3.05) is 18.0 Å². The molecule has 1 saturated heterocycles. The minimum Gasteiger partial charge on any atom is -0.389 e. The second kappa shape index (κ2) is 3.98. The molecule has 1 fully saturated rings. The Bertz CT molecular complexity index is 461. The fraction of sp³-hybridized carbons (Fsp3) is 0.667. The maximum atomic E-state index is 5.82. The SMILES string of the molecule is Cc1nn(C)c(N2CCC(C)(C)C2)c1C(N)=S. The number of aromatic nitrogens is 2. The molecule has 5 heteroatoms. The summed E-state index contributed by atoms with van der Waals surface area (Å²) in [5.41, 5.74) is 8.02. The highest BCUT2D eigenvalue weighted by atomic mass is 32.1. The van der Waals surface area contributed by atoms with Crippen LogP contribution in [0.15, 0.2) is 0 Å². The molecule has 0 spiro atoms. The molecule has 0 aliphatic carbocycles. The summed E-state index contributed by atoms with van der Waals surface area (Å²) < 4.78 is 1.89. The predicted molar refractivity (Wildman–Crippen MR) is 74.4 cm³/mol. The molecule has 94 valence electrons. The lowest BCUT2D eigenvalue weighted by atomic mass is 9.93. The third kappa shape index (κ3) is 2.16. The summed E-state index contributed by atoms with van der Waals surface area (Å²) >= 11 is 5.14. The van der Waals surface area contributed by atoms with Crippen molar-refractivity contribution in [2.45, 2.75) is 27.2 Å². The van der Waals surface area contributed by atoms with Crippen LogP contribution >= 0.6 is 12.2 Å². The van der Waals surface area contributed by atoms with Crippen LogP contribution in [0.25, 0.3) is 0 Å². The van der Waals surface area contributed by atoms with Gasteiger partial charge in [0.25, 0.3) is 0 Å². The van der Waals surface area contributed by atoms with Crippen LogP contribution in [0.2, 0.25) is 0 Å². The molecule has 17 heavy (non-hydrogen) atoms. The summed E-state index contributed by atoms with van der Waals surface area (Å²) in [7, 11) is 1.95. The summed E-state index contributed by atoms with van der Waals surface area (Å²) in [6.07, 6.45) is 1.19. The molecule has 1 aliphatic heterocycles. The molecular formula is C12H20N4S. The van der Waals surface area contributed by atoms with E-state index in [1.807, 2.05) is 18.7 Å². The number of nitrogens with two attached hydrogens (primary N) is 1. The highest BCUT2D eigenvalue weighted by molar-refractivity contribution is 7.80. The Kier molecular flexibility index (Phi) is 2.89. The topological polar surface area (TPSA) is 47.1 Å². The van der Waals surface area contributed by atoms with Gasteiger partial charge in [-0.05, 0) is 18.8 Å². The summed E-state index contributed by atoms with van der Waals surface area (Å²) in [4.78, 5) is 2.78. The maximum Gasteiger partial charge on any atom is 0.137 e. The van der Waals surface area contributed by atoms with Gasteiger partial charge in [0.15, 0.2) is 0 Å². The van der Waals surface area contributed by atoms with Crippen LogP contribution < -0.4 is 10.6 Å². The van der Waals surface area contributed by atoms with E-state index in [1.165, 1.54) is 6.42 Å². The van der Waals surface area contributed by atoms with Crippen LogP contribution in [0.3, 0.4) is 0 Å². The molecule has 0 aromatic carbocycles. The van der Waals surface area contributed by atoms with Crippen LogP contribution in [0.1, 0.15) is 31.5 Å². The molecule has 0 atom stereocenters. The molecule has 0 radical (unpaired) electrons. The van der Waals surface area contributed by atoms with Gasteiger partial charge in [-0.15, -0.1) is 0 Å². The van der Waals surface area contributed by atoms with Gasteiger partial charge in [-0.25, -0.2) is 0 Å². The predicted octanol–water partition coefficient (Wildman–Crippen LogP) is 1.60. The van der Waals surface area contributed by atoms with E-state index in [-0.39, 0.29) is 0 Å². The van der Waals surface area contributed by atoms with Crippen LogP contribution in [0, 0.1) is 12.3 Å². The smallest absolute Gasteiger partial charge is 0.137 e. The van der Waals surface area contributed by atoms with Crippen molar-refractivity contribution in [3.8, 4) is 0 Å². The Morgan fingerprint density at radius 1 is 1.47 bits per heavy atom. The summed E-state index contributed by atoms with van der Waals surface area (Å²) in [6.45, 7) is 8.61. The molecular weight excluding hydrogens is 232 g/mol. The second-order valence-corrected chi connectivity index (χ2v) is 6.05. The van der Waals surface area contributed by atoms with Crippen molar-refractivity contribution in [1.29, 1.82) is 0 Å². The molecule has 0 amide bonds. The molecule has 0 bridgehead atoms. The lowest BCUT2D eigenvalue weighted by Crippen LogP contribution is -2.27. The summed E-state index contributed by atoms with van der Waals surface area (Å²) in [5, 5.41) is 4.43. The Labute approximate surface area is 108 Å². The minimum absolute atomic E-state index is 0.353. The molecule has 4 nitrogen and oxygen atoms in total. The van der Waals surface area contributed by atoms with E-state index < -0.39 is 0 Å². The molecule has 1 aliphatic rings. The fourth-order valence-corrected chi connectivity index (χ4v) is 2.83. The number of rotatable bonds is 2. The zero-order chi connectivity index (χ0) is 12.8. The van der Waals surface area contributed by atoms with Crippen LogP contribution in [0.5, 0.6) is 0 Å². The lowest BCUT2D eigenvalue weighted by molar-refractivity contribution is 0.418. The molecule has 0 unspecified atom stereocenters. The number of hydrogen-bond acceptors (Lipinski definition) is 3. The van der Waals surface area contributed by atoms with Gasteiger partial charge < -0.3 is 10.6 Å². The van der Waals surface area contributed by atoms with Gasteiger partial charge in [-0.1, -0.05) is 26.1 Å². The van der Waals surface area contributed by atoms with Crippen molar-refractivity contribution in [3.05, 3.63) is 11.3 Å². The first-order valence-electron chi connectivity index (χ1n) is 5.90. The molecule has 0 saturated carbocycles. The number of nitrogens with zero attached hydrogens (tertiary/aromatic N) is 3. The quantitative estimate of drug-likeness (QED) is 0.812. The highest BCUT2D eigenvalue weighted by Crippen LogP contribution is 2.34. The van der Waals surface area contributed by atoms with E-state index in [9.17, 15) is 0 Å². The average molecular weight is 252 g/mol. The summed E-state index contributed by atoms with van der Waals surface area (Å²) in [6, 6.07) is 0. The molecule has 2 rings (SSSR count). The summed E-state index contributed by atoms with van der Waals surface area (Å²) in [5.74, 6) is 1.07. The zero-order valence-corrected chi connectivity index (χ0v) is 11.8. The van der Waals surface area contributed by atoms with Crippen LogP contribution in [-0.4, -0.2) is 27.9 Å². The van der Waals surface area contributed by atoms with Crippen molar-refractivity contribution in [2.24, 2.45) is 18.2 Å². The minimum atomic E-state index is 0.353. The first-order valence-corrected chi connectivity index (χ1v) is 6.31. The van der Waals surface area contributed by atoms with E-state index in [4.69, 9.17) is 18.0 Å².